The van der Waals surface area contributed by atoms with Crippen molar-refractivity contribution in [3.05, 3.63) is 27.8 Å². The number of aromatic nitrogens is 1. The van der Waals surface area contributed by atoms with Crippen LogP contribution in [0.5, 0.6) is 0 Å². The van der Waals surface area contributed by atoms with Crippen molar-refractivity contribution in [1.82, 2.24) is 4.98 Å². The van der Waals surface area contributed by atoms with Crippen molar-refractivity contribution in [2.45, 2.75) is 26.3 Å². The number of carboxylic acids is 1. The number of anilines is 1. The zero-order chi connectivity index (χ0) is 15.6. The van der Waals surface area contributed by atoms with Gasteiger partial charge in [0.2, 0.25) is 0 Å². The molecular formula is C13H15N3O4S. The third-order valence-corrected chi connectivity index (χ3v) is 3.79. The minimum Gasteiger partial charge on any atom is -0.480 e. The number of aliphatic carboxylic acids is 1. The zero-order valence-electron chi connectivity index (χ0n) is 11.6. The highest BCUT2D eigenvalue weighted by Crippen LogP contribution is 2.35. The number of hydrogen-bond donors (Lipinski definition) is 2. The molecule has 0 saturated heterocycles. The number of rotatable bonds is 6. The zero-order valence-corrected chi connectivity index (χ0v) is 12.4. The third kappa shape index (κ3) is 3.27. The fraction of sp³-hybridized carbons (Fsp3) is 0.385. The first-order valence-corrected chi connectivity index (χ1v) is 7.28. The fourth-order valence-electron chi connectivity index (χ4n) is 2.10. The van der Waals surface area contributed by atoms with Crippen molar-refractivity contribution in [2.24, 2.45) is 5.92 Å². The summed E-state index contributed by atoms with van der Waals surface area (Å²) in [6, 6.07) is 2.37. The SMILES string of the molecule is CC(C)CC(Nc1ccc2scnc2c1[N+](=O)[O-])C(=O)O. The van der Waals surface area contributed by atoms with Gasteiger partial charge in [0.1, 0.15) is 11.7 Å². The first-order chi connectivity index (χ1) is 9.90. The Morgan fingerprint density at radius 1 is 1.52 bits per heavy atom. The molecule has 0 aliphatic carbocycles. The quantitative estimate of drug-likeness (QED) is 0.627. The molecule has 0 saturated carbocycles. The lowest BCUT2D eigenvalue weighted by atomic mass is 10.0. The molecule has 7 nitrogen and oxygen atoms in total. The molecule has 1 heterocycles. The average molecular weight is 309 g/mol. The number of hydrogen-bond acceptors (Lipinski definition) is 6. The summed E-state index contributed by atoms with van der Waals surface area (Å²) < 4.78 is 0.697. The molecule has 0 aliphatic rings. The predicted octanol–water partition coefficient (Wildman–Crippen LogP) is 3.12. The number of nitrogens with zero attached hydrogens (tertiary/aromatic N) is 2. The van der Waals surface area contributed by atoms with Gasteiger partial charge in [-0.15, -0.1) is 11.3 Å². The van der Waals surface area contributed by atoms with Crippen LogP contribution in [-0.2, 0) is 4.79 Å². The van der Waals surface area contributed by atoms with Gasteiger partial charge in [0.15, 0.2) is 5.52 Å². The van der Waals surface area contributed by atoms with Crippen LogP contribution in [0.3, 0.4) is 0 Å². The second-order valence-corrected chi connectivity index (χ2v) is 5.97. The number of nitro benzene ring substituents is 1. The lowest BCUT2D eigenvalue weighted by Gasteiger charge is -2.17. The molecule has 1 atom stereocenters. The van der Waals surface area contributed by atoms with Gasteiger partial charge in [-0.05, 0) is 24.5 Å². The fourth-order valence-corrected chi connectivity index (χ4v) is 2.78. The minimum absolute atomic E-state index is 0.153. The Bertz CT molecular complexity index is 683. The molecule has 1 aromatic heterocycles. The molecule has 0 spiro atoms. The molecule has 0 aliphatic heterocycles. The van der Waals surface area contributed by atoms with Gasteiger partial charge in [0.25, 0.3) is 0 Å². The number of fused-ring (bicyclic) bond motifs is 1. The van der Waals surface area contributed by atoms with Crippen molar-refractivity contribution in [1.29, 1.82) is 0 Å². The Hall–Kier alpha value is -2.22. The molecule has 21 heavy (non-hydrogen) atoms. The Balaban J connectivity index is 2.42. The van der Waals surface area contributed by atoms with E-state index in [0.29, 0.717) is 11.1 Å². The first kappa shape index (κ1) is 15.2. The maximum Gasteiger partial charge on any atom is 0.326 e. The lowest BCUT2D eigenvalue weighted by molar-refractivity contribution is -0.382. The van der Waals surface area contributed by atoms with Crippen LogP contribution in [0.4, 0.5) is 11.4 Å². The van der Waals surface area contributed by atoms with Crippen molar-refractivity contribution < 1.29 is 14.8 Å². The van der Waals surface area contributed by atoms with Gasteiger partial charge in [0, 0.05) is 0 Å². The van der Waals surface area contributed by atoms with E-state index in [0.717, 1.165) is 0 Å². The lowest BCUT2D eigenvalue weighted by Crippen LogP contribution is -2.31. The molecular weight excluding hydrogens is 294 g/mol. The predicted molar refractivity (Wildman–Crippen MR) is 80.8 cm³/mol. The summed E-state index contributed by atoms with van der Waals surface area (Å²) in [7, 11) is 0. The van der Waals surface area contributed by atoms with Crippen molar-refractivity contribution >= 4 is 38.9 Å². The molecule has 0 fully saturated rings. The summed E-state index contributed by atoms with van der Waals surface area (Å²) in [5.41, 5.74) is 1.82. The van der Waals surface area contributed by atoms with E-state index in [1.807, 2.05) is 13.8 Å². The minimum atomic E-state index is -1.03. The Morgan fingerprint density at radius 3 is 2.81 bits per heavy atom. The van der Waals surface area contributed by atoms with E-state index in [1.165, 1.54) is 22.9 Å². The third-order valence-electron chi connectivity index (χ3n) is 2.99. The molecule has 0 amide bonds. The molecule has 8 heteroatoms. The van der Waals surface area contributed by atoms with Gasteiger partial charge in [-0.3, -0.25) is 10.1 Å². The second-order valence-electron chi connectivity index (χ2n) is 5.08. The molecule has 2 aromatic rings. The molecule has 1 aromatic carbocycles. The number of nitro groups is 1. The summed E-state index contributed by atoms with van der Waals surface area (Å²) in [5.74, 6) is -0.878. The van der Waals surface area contributed by atoms with Crippen LogP contribution < -0.4 is 5.32 Å². The van der Waals surface area contributed by atoms with E-state index in [4.69, 9.17) is 0 Å². The summed E-state index contributed by atoms with van der Waals surface area (Å²) >= 11 is 1.30. The van der Waals surface area contributed by atoms with Crippen LogP contribution in [0.25, 0.3) is 10.2 Å². The van der Waals surface area contributed by atoms with Gasteiger partial charge in [-0.25, -0.2) is 9.78 Å². The Kier molecular flexibility index (Phi) is 4.37. The normalized spacial score (nSPS) is 12.5. The van der Waals surface area contributed by atoms with Crippen molar-refractivity contribution in [3.8, 4) is 0 Å². The second kappa shape index (κ2) is 6.04. The highest BCUT2D eigenvalue weighted by molar-refractivity contribution is 7.16. The molecule has 1 unspecified atom stereocenters. The largest absolute Gasteiger partial charge is 0.480 e. The van der Waals surface area contributed by atoms with E-state index in [-0.39, 0.29) is 22.8 Å². The molecule has 0 radical (unpaired) electrons. The van der Waals surface area contributed by atoms with Crippen molar-refractivity contribution in [3.63, 3.8) is 0 Å². The van der Waals surface area contributed by atoms with Crippen LogP contribution in [-0.4, -0.2) is 27.0 Å². The highest BCUT2D eigenvalue weighted by atomic mass is 32.1. The number of carboxylic acid groups (broad SMARTS) is 1. The smallest absolute Gasteiger partial charge is 0.326 e. The van der Waals surface area contributed by atoms with E-state index in [2.05, 4.69) is 10.3 Å². The van der Waals surface area contributed by atoms with E-state index in [1.54, 1.807) is 6.07 Å². The summed E-state index contributed by atoms with van der Waals surface area (Å²) in [6.45, 7) is 3.80. The molecule has 112 valence electrons. The van der Waals surface area contributed by atoms with Crippen LogP contribution in [0.2, 0.25) is 0 Å². The standard InChI is InChI=1S/C13H15N3O4S/c1-7(2)5-9(13(17)18)15-8-3-4-10-11(14-6-21-10)12(8)16(19)20/h3-4,6-7,9,15H,5H2,1-2H3,(H,17,18). The van der Waals surface area contributed by atoms with Gasteiger partial charge < -0.3 is 10.4 Å². The topological polar surface area (TPSA) is 105 Å². The van der Waals surface area contributed by atoms with Gasteiger partial charge in [-0.1, -0.05) is 13.8 Å². The average Bonchev–Trinajstić information content (AvgIpc) is 2.84. The van der Waals surface area contributed by atoms with Gasteiger partial charge in [0.05, 0.1) is 15.1 Å². The summed E-state index contributed by atoms with van der Waals surface area (Å²) in [6.07, 6.45) is 0.377. The van der Waals surface area contributed by atoms with Crippen LogP contribution in [0, 0.1) is 16.0 Å². The van der Waals surface area contributed by atoms with Crippen LogP contribution in [0.15, 0.2) is 17.6 Å². The maximum atomic E-state index is 11.3. The summed E-state index contributed by atoms with van der Waals surface area (Å²) in [4.78, 5) is 26.1. The Morgan fingerprint density at radius 2 is 2.24 bits per heavy atom. The monoisotopic (exact) mass is 309 g/mol. The maximum absolute atomic E-state index is 11.3. The highest BCUT2D eigenvalue weighted by Gasteiger charge is 2.25. The number of nitrogens with one attached hydrogen (secondary N) is 1. The van der Waals surface area contributed by atoms with E-state index < -0.39 is 16.9 Å². The molecule has 2 N–H and O–H groups in total. The van der Waals surface area contributed by atoms with Crippen LogP contribution in [0.1, 0.15) is 20.3 Å². The van der Waals surface area contributed by atoms with E-state index in [9.17, 15) is 20.0 Å². The van der Waals surface area contributed by atoms with Crippen LogP contribution >= 0.6 is 11.3 Å². The number of thiazole rings is 1. The van der Waals surface area contributed by atoms with E-state index >= 15 is 0 Å². The van der Waals surface area contributed by atoms with Gasteiger partial charge in [-0.2, -0.15) is 0 Å². The van der Waals surface area contributed by atoms with Crippen molar-refractivity contribution in [2.75, 3.05) is 5.32 Å². The van der Waals surface area contributed by atoms with Gasteiger partial charge >= 0.3 is 11.7 Å². The molecule has 2 rings (SSSR count). The summed E-state index contributed by atoms with van der Waals surface area (Å²) in [5, 5.41) is 23.3. The Labute approximate surface area is 124 Å². The first-order valence-electron chi connectivity index (χ1n) is 6.40. The molecule has 0 bridgehead atoms. The number of carbonyl (C=O) groups is 1. The number of benzene rings is 1.